The summed E-state index contributed by atoms with van der Waals surface area (Å²) < 4.78 is 13.6. The van der Waals surface area contributed by atoms with E-state index in [4.69, 9.17) is 15.2 Å². The molecule has 0 amide bonds. The van der Waals surface area contributed by atoms with Crippen LogP contribution in [0.2, 0.25) is 0 Å². The Labute approximate surface area is 120 Å². The number of aliphatic hydroxyl groups excluding tert-OH is 1. The molecule has 0 saturated carbocycles. The summed E-state index contributed by atoms with van der Waals surface area (Å²) in [6.45, 7) is 0.245. The molecule has 2 unspecified atom stereocenters. The molecule has 2 aliphatic heterocycles. The van der Waals surface area contributed by atoms with Crippen molar-refractivity contribution in [1.82, 2.24) is 24.8 Å². The highest BCUT2D eigenvalue weighted by molar-refractivity contribution is 5.81. The van der Waals surface area contributed by atoms with Gasteiger partial charge in [0.1, 0.15) is 23.5 Å². The van der Waals surface area contributed by atoms with E-state index in [1.165, 1.54) is 6.33 Å². The number of fused-ring (bicyclic) bond motifs is 3. The third-order valence-electron chi connectivity index (χ3n) is 4.29. The maximum atomic E-state index is 9.70. The van der Waals surface area contributed by atoms with E-state index in [-0.39, 0.29) is 18.8 Å². The van der Waals surface area contributed by atoms with Crippen molar-refractivity contribution in [2.75, 3.05) is 26.0 Å². The number of nitrogen functional groups attached to an aromatic ring is 1. The molecule has 4 N–H and O–H groups in total. The standard InChI is InChI=1S/C12H16N6O3/c1-14-8-7-11(21-12(8,2-19)3-20-7)18-5-17-6-9(13)15-4-16-10(6)18/h4-5,7-8,11,14,19H,2-3H2,1H3,(H2,13,15,16)/t7?,8?,11-,12+/m1/s1. The first-order chi connectivity index (χ1) is 10.2. The lowest BCUT2D eigenvalue weighted by Gasteiger charge is -2.30. The lowest BCUT2D eigenvalue weighted by atomic mass is 9.97. The van der Waals surface area contributed by atoms with Crippen LogP contribution >= 0.6 is 0 Å². The van der Waals surface area contributed by atoms with Crippen molar-refractivity contribution in [2.24, 2.45) is 0 Å². The van der Waals surface area contributed by atoms with E-state index in [0.29, 0.717) is 23.6 Å². The van der Waals surface area contributed by atoms with Crippen molar-refractivity contribution in [1.29, 1.82) is 0 Å². The lowest BCUT2D eigenvalue weighted by Crippen LogP contribution is -2.50. The van der Waals surface area contributed by atoms with Gasteiger partial charge in [0, 0.05) is 0 Å². The number of hydrogen-bond acceptors (Lipinski definition) is 8. The molecule has 2 aliphatic rings. The van der Waals surface area contributed by atoms with Gasteiger partial charge >= 0.3 is 0 Å². The van der Waals surface area contributed by atoms with Gasteiger partial charge in [-0.15, -0.1) is 0 Å². The number of aliphatic hydroxyl groups is 1. The summed E-state index contributed by atoms with van der Waals surface area (Å²) in [6, 6.07) is -0.0934. The lowest BCUT2D eigenvalue weighted by molar-refractivity contribution is -0.183. The molecule has 9 nitrogen and oxygen atoms in total. The van der Waals surface area contributed by atoms with Gasteiger partial charge in [0.2, 0.25) is 0 Å². The summed E-state index contributed by atoms with van der Waals surface area (Å²) in [5, 5.41) is 12.9. The normalized spacial score (nSPS) is 34.9. The predicted molar refractivity (Wildman–Crippen MR) is 72.3 cm³/mol. The fraction of sp³-hybridized carbons (Fsp3) is 0.583. The van der Waals surface area contributed by atoms with Crippen molar-refractivity contribution < 1.29 is 14.6 Å². The van der Waals surface area contributed by atoms with Gasteiger partial charge in [-0.25, -0.2) is 15.0 Å². The summed E-state index contributed by atoms with van der Waals surface area (Å²) in [7, 11) is 1.83. The van der Waals surface area contributed by atoms with E-state index in [2.05, 4.69) is 20.3 Å². The maximum absolute atomic E-state index is 9.70. The molecule has 4 heterocycles. The van der Waals surface area contributed by atoms with Crippen molar-refractivity contribution in [3.63, 3.8) is 0 Å². The SMILES string of the molecule is CNC1C2OC[C@]1(CO)O[C@H]2n1cnc2c(N)ncnc21. The Morgan fingerprint density at radius 2 is 2.38 bits per heavy atom. The first-order valence-electron chi connectivity index (χ1n) is 6.71. The Morgan fingerprint density at radius 3 is 3.10 bits per heavy atom. The maximum Gasteiger partial charge on any atom is 0.167 e. The predicted octanol–water partition coefficient (Wildman–Crippen LogP) is -1.34. The second-order valence-electron chi connectivity index (χ2n) is 5.36. The minimum absolute atomic E-state index is 0.0934. The molecule has 4 atom stereocenters. The first kappa shape index (κ1) is 12.9. The Kier molecular flexibility index (Phi) is 2.67. The van der Waals surface area contributed by atoms with Gasteiger partial charge in [-0.05, 0) is 7.05 Å². The van der Waals surface area contributed by atoms with Crippen LogP contribution in [0, 0.1) is 0 Å². The van der Waals surface area contributed by atoms with E-state index in [9.17, 15) is 5.11 Å². The molecule has 9 heteroatoms. The molecule has 2 aromatic heterocycles. The van der Waals surface area contributed by atoms with Gasteiger partial charge in [0.25, 0.3) is 0 Å². The molecule has 2 aromatic rings. The third kappa shape index (κ3) is 1.57. The topological polar surface area (TPSA) is 120 Å². The number of imidazole rings is 1. The highest BCUT2D eigenvalue weighted by Crippen LogP contribution is 2.45. The van der Waals surface area contributed by atoms with Gasteiger partial charge in [-0.3, -0.25) is 4.57 Å². The molecule has 2 saturated heterocycles. The van der Waals surface area contributed by atoms with Gasteiger partial charge in [0.15, 0.2) is 17.7 Å². The van der Waals surface area contributed by atoms with Crippen LogP contribution in [0.25, 0.3) is 11.2 Å². The van der Waals surface area contributed by atoms with Gasteiger partial charge in [-0.2, -0.15) is 0 Å². The molecule has 0 aromatic carbocycles. The summed E-state index contributed by atoms with van der Waals surface area (Å²) >= 11 is 0. The zero-order chi connectivity index (χ0) is 14.6. The molecule has 0 aliphatic carbocycles. The van der Waals surface area contributed by atoms with Crippen LogP contribution in [-0.4, -0.2) is 62.6 Å². The Balaban J connectivity index is 1.79. The van der Waals surface area contributed by atoms with Crippen molar-refractivity contribution in [2.45, 2.75) is 24.0 Å². The highest BCUT2D eigenvalue weighted by atomic mass is 16.6. The van der Waals surface area contributed by atoms with Gasteiger partial charge in [0.05, 0.1) is 25.6 Å². The average Bonchev–Trinajstić information content (AvgIpc) is 3.16. The van der Waals surface area contributed by atoms with Crippen molar-refractivity contribution in [3.05, 3.63) is 12.7 Å². The minimum atomic E-state index is -0.737. The van der Waals surface area contributed by atoms with Crippen LogP contribution in [0.5, 0.6) is 0 Å². The summed E-state index contributed by atoms with van der Waals surface area (Å²) in [5.74, 6) is 0.324. The van der Waals surface area contributed by atoms with Crippen molar-refractivity contribution >= 4 is 17.0 Å². The fourth-order valence-electron chi connectivity index (χ4n) is 3.26. The number of nitrogens with one attached hydrogen (secondary N) is 1. The highest BCUT2D eigenvalue weighted by Gasteiger charge is 2.61. The number of likely N-dealkylation sites (N-methyl/N-ethyl adjacent to an activating group) is 1. The number of anilines is 1. The van der Waals surface area contributed by atoms with Crippen molar-refractivity contribution in [3.8, 4) is 0 Å². The van der Waals surface area contributed by atoms with E-state index < -0.39 is 11.8 Å². The smallest absolute Gasteiger partial charge is 0.167 e. The van der Waals surface area contributed by atoms with Gasteiger partial charge in [-0.1, -0.05) is 0 Å². The average molecular weight is 292 g/mol. The van der Waals surface area contributed by atoms with E-state index in [1.54, 1.807) is 10.9 Å². The van der Waals surface area contributed by atoms with Crippen LogP contribution in [-0.2, 0) is 9.47 Å². The van der Waals surface area contributed by atoms with E-state index in [1.807, 2.05) is 7.05 Å². The monoisotopic (exact) mass is 292 g/mol. The fourth-order valence-corrected chi connectivity index (χ4v) is 3.26. The van der Waals surface area contributed by atoms with Crippen LogP contribution in [0.15, 0.2) is 12.7 Å². The van der Waals surface area contributed by atoms with Crippen LogP contribution in [0.3, 0.4) is 0 Å². The molecule has 4 rings (SSSR count). The Hall–Kier alpha value is -1.81. The molecule has 2 bridgehead atoms. The van der Waals surface area contributed by atoms with Crippen LogP contribution in [0.4, 0.5) is 5.82 Å². The molecular weight excluding hydrogens is 276 g/mol. The minimum Gasteiger partial charge on any atom is -0.393 e. The van der Waals surface area contributed by atoms with Crippen LogP contribution in [0.1, 0.15) is 6.23 Å². The third-order valence-corrected chi connectivity index (χ3v) is 4.29. The number of nitrogens with two attached hydrogens (primary N) is 1. The second-order valence-corrected chi connectivity index (χ2v) is 5.36. The molecule has 112 valence electrons. The zero-order valence-corrected chi connectivity index (χ0v) is 11.4. The number of nitrogens with zero attached hydrogens (tertiary/aromatic N) is 4. The van der Waals surface area contributed by atoms with Gasteiger partial charge < -0.3 is 25.6 Å². The summed E-state index contributed by atoms with van der Waals surface area (Å²) in [4.78, 5) is 12.4. The molecule has 2 fully saturated rings. The molecule has 21 heavy (non-hydrogen) atoms. The molecule has 0 radical (unpaired) electrons. The molecular formula is C12H16N6O3. The molecule has 0 spiro atoms. The van der Waals surface area contributed by atoms with E-state index in [0.717, 1.165) is 0 Å². The van der Waals surface area contributed by atoms with E-state index >= 15 is 0 Å². The number of aromatic nitrogens is 4. The number of rotatable bonds is 3. The first-order valence-corrected chi connectivity index (χ1v) is 6.71. The number of hydrogen-bond donors (Lipinski definition) is 3. The summed E-state index contributed by atoms with van der Waals surface area (Å²) in [5.41, 5.74) is 6.18. The quantitative estimate of drug-likeness (QED) is 0.635. The zero-order valence-electron chi connectivity index (χ0n) is 11.4. The van der Waals surface area contributed by atoms with Crippen LogP contribution < -0.4 is 11.1 Å². The Bertz CT molecular complexity index is 691. The largest absolute Gasteiger partial charge is 0.393 e. The summed E-state index contributed by atoms with van der Waals surface area (Å²) in [6.07, 6.45) is 2.36. The second kappa shape index (κ2) is 4.34. The Morgan fingerprint density at radius 1 is 1.52 bits per heavy atom. The number of ether oxygens (including phenoxy) is 2.